The summed E-state index contributed by atoms with van der Waals surface area (Å²) in [5.74, 6) is 0.500. The molecule has 4 N–H and O–H groups in total. The Morgan fingerprint density at radius 2 is 1.72 bits per heavy atom. The second kappa shape index (κ2) is 11.1. The van der Waals surface area contributed by atoms with E-state index < -0.39 is 30.5 Å². The minimum absolute atomic E-state index is 0. The lowest BCUT2D eigenvalue weighted by molar-refractivity contribution is -0.138. The number of alkyl halides is 3. The number of nitrogens with two attached hydrogens (primary N) is 1. The standard InChI is InChI=1S/C24H32F3NO3.ClH/c1-2-3-4-16-5-9-19(10-6-16)31-21-12-7-17-13-18(23(28,14-29)15-30)8-11-20(17)22(21)24(25,26)27;/h7-8,11-13,16,19,29-30H,2-6,9-10,14-15,28H2,1H3;1H. The van der Waals surface area contributed by atoms with Crippen molar-refractivity contribution >= 4 is 10.8 Å². The highest BCUT2D eigenvalue weighted by Crippen LogP contribution is 2.43. The Kier molecular flexibility index (Phi) is 9.23. The van der Waals surface area contributed by atoms with Crippen molar-refractivity contribution in [3.63, 3.8) is 0 Å². The van der Waals surface area contributed by atoms with E-state index in [1.165, 1.54) is 37.1 Å². The maximum Gasteiger partial charge on any atom is 1.00 e. The van der Waals surface area contributed by atoms with Crippen LogP contribution in [0.1, 0.15) is 64.4 Å². The number of rotatable bonds is 8. The van der Waals surface area contributed by atoms with Crippen molar-refractivity contribution in [3.8, 4) is 5.75 Å². The second-order valence-electron chi connectivity index (χ2n) is 8.75. The van der Waals surface area contributed by atoms with Crippen LogP contribution in [-0.2, 0) is 11.7 Å². The summed E-state index contributed by atoms with van der Waals surface area (Å²) in [7, 11) is 0. The maximum atomic E-state index is 14.0. The monoisotopic (exact) mass is 475 g/mol. The summed E-state index contributed by atoms with van der Waals surface area (Å²) < 4.78 is 47.9. The van der Waals surface area contributed by atoms with Crippen LogP contribution in [-0.4, -0.2) is 29.5 Å². The van der Waals surface area contributed by atoms with Gasteiger partial charge in [0.2, 0.25) is 0 Å². The van der Waals surface area contributed by atoms with Gasteiger partial charge in [-0.1, -0.05) is 44.4 Å². The Bertz CT molecular complexity index is 885. The molecule has 0 saturated heterocycles. The number of ether oxygens (including phenoxy) is 1. The lowest BCUT2D eigenvalue weighted by atomic mass is 9.84. The Hall–Kier alpha value is -1.54. The molecule has 180 valence electrons. The number of halogens is 4. The molecule has 3 rings (SSSR count). The fraction of sp³-hybridized carbons (Fsp3) is 0.583. The number of aliphatic hydroxyl groups excluding tert-OH is 2. The number of benzene rings is 2. The molecule has 0 amide bonds. The highest BCUT2D eigenvalue weighted by Gasteiger charge is 2.38. The van der Waals surface area contributed by atoms with Crippen LogP contribution in [0, 0.1) is 5.92 Å². The fourth-order valence-corrected chi connectivity index (χ4v) is 4.45. The first-order valence-electron chi connectivity index (χ1n) is 11.0. The molecule has 0 unspecified atom stereocenters. The first kappa shape index (κ1) is 26.7. The highest BCUT2D eigenvalue weighted by atomic mass is 35.5. The molecule has 32 heavy (non-hydrogen) atoms. The molecule has 1 fully saturated rings. The van der Waals surface area contributed by atoms with Gasteiger partial charge in [-0.25, -0.2) is 0 Å². The SMILES string of the molecule is CCCCC1CCC(Oc2ccc3cc(C(N)(CO)CO)ccc3c2C(F)(F)F)CC1.[Cl-].[H+]. The third-order valence-electron chi connectivity index (χ3n) is 6.46. The van der Waals surface area contributed by atoms with Gasteiger partial charge in [0.05, 0.1) is 24.9 Å². The molecular weight excluding hydrogens is 443 g/mol. The second-order valence-corrected chi connectivity index (χ2v) is 8.75. The normalized spacial score (nSPS) is 19.6. The van der Waals surface area contributed by atoms with Gasteiger partial charge in [-0.3, -0.25) is 0 Å². The average Bonchev–Trinajstić information content (AvgIpc) is 2.76. The van der Waals surface area contributed by atoms with Gasteiger partial charge in [-0.05, 0) is 60.1 Å². The van der Waals surface area contributed by atoms with E-state index in [4.69, 9.17) is 10.5 Å². The van der Waals surface area contributed by atoms with Crippen molar-refractivity contribution in [3.05, 3.63) is 41.5 Å². The zero-order chi connectivity index (χ0) is 22.6. The molecule has 2 aromatic carbocycles. The molecule has 0 atom stereocenters. The van der Waals surface area contributed by atoms with Crippen molar-refractivity contribution < 1.29 is 42.0 Å². The molecule has 0 aromatic heterocycles. The van der Waals surface area contributed by atoms with Gasteiger partial charge in [0.15, 0.2) is 0 Å². The van der Waals surface area contributed by atoms with E-state index in [1.807, 2.05) is 0 Å². The van der Waals surface area contributed by atoms with Crippen LogP contribution >= 0.6 is 0 Å². The van der Waals surface area contributed by atoms with Crippen LogP contribution in [0.5, 0.6) is 5.75 Å². The van der Waals surface area contributed by atoms with Gasteiger partial charge in [0.1, 0.15) is 11.3 Å². The molecule has 1 saturated carbocycles. The molecular formula is C24H33ClF3NO3. The first-order valence-corrected chi connectivity index (χ1v) is 11.0. The Labute approximate surface area is 194 Å². The number of hydrogen-bond donors (Lipinski definition) is 3. The van der Waals surface area contributed by atoms with Gasteiger partial charge in [-0.15, -0.1) is 0 Å². The number of unbranched alkanes of at least 4 members (excludes halogenated alkanes) is 1. The fourth-order valence-electron chi connectivity index (χ4n) is 4.45. The van der Waals surface area contributed by atoms with Gasteiger partial charge >= 0.3 is 7.60 Å². The summed E-state index contributed by atoms with van der Waals surface area (Å²) in [4.78, 5) is 0. The van der Waals surface area contributed by atoms with Crippen LogP contribution < -0.4 is 22.9 Å². The van der Waals surface area contributed by atoms with Crippen LogP contribution in [0.3, 0.4) is 0 Å². The first-order chi connectivity index (χ1) is 14.7. The molecule has 0 bridgehead atoms. The maximum absolute atomic E-state index is 14.0. The van der Waals surface area contributed by atoms with Crippen molar-refractivity contribution in [1.82, 2.24) is 0 Å². The van der Waals surface area contributed by atoms with E-state index in [2.05, 4.69) is 6.92 Å². The van der Waals surface area contributed by atoms with E-state index in [0.29, 0.717) is 16.9 Å². The molecule has 8 heteroatoms. The smallest absolute Gasteiger partial charge is 1.00 e. The van der Waals surface area contributed by atoms with E-state index in [-0.39, 0.29) is 31.1 Å². The lowest BCUT2D eigenvalue weighted by Crippen LogP contribution is -3.00. The Morgan fingerprint density at radius 3 is 2.28 bits per heavy atom. The van der Waals surface area contributed by atoms with Crippen molar-refractivity contribution in [1.29, 1.82) is 0 Å². The summed E-state index contributed by atoms with van der Waals surface area (Å²) in [6.45, 7) is 1.11. The van der Waals surface area contributed by atoms with E-state index in [0.717, 1.165) is 32.1 Å². The minimum atomic E-state index is -4.58. The van der Waals surface area contributed by atoms with Crippen LogP contribution in [0.2, 0.25) is 0 Å². The van der Waals surface area contributed by atoms with Gasteiger partial charge in [-0.2, -0.15) is 13.2 Å². The summed E-state index contributed by atoms with van der Waals surface area (Å²) in [6.07, 6.45) is 2.26. The number of hydrogen-bond acceptors (Lipinski definition) is 4. The topological polar surface area (TPSA) is 75.7 Å². The summed E-state index contributed by atoms with van der Waals surface area (Å²) in [5.41, 5.74) is 4.14. The average molecular weight is 476 g/mol. The predicted molar refractivity (Wildman–Crippen MR) is 116 cm³/mol. The number of fused-ring (bicyclic) bond motifs is 1. The largest absolute Gasteiger partial charge is 1.00 e. The van der Waals surface area contributed by atoms with E-state index >= 15 is 0 Å². The summed E-state index contributed by atoms with van der Waals surface area (Å²) >= 11 is 0. The van der Waals surface area contributed by atoms with Crippen LogP contribution in [0.15, 0.2) is 30.3 Å². The molecule has 1 aliphatic carbocycles. The van der Waals surface area contributed by atoms with Crippen molar-refractivity contribution in [2.24, 2.45) is 11.7 Å². The quantitative estimate of drug-likeness (QED) is 0.547. The zero-order valence-corrected chi connectivity index (χ0v) is 19.1. The molecule has 0 aliphatic heterocycles. The van der Waals surface area contributed by atoms with Crippen LogP contribution in [0.25, 0.3) is 10.8 Å². The highest BCUT2D eigenvalue weighted by molar-refractivity contribution is 5.89. The molecule has 4 nitrogen and oxygen atoms in total. The van der Waals surface area contributed by atoms with Gasteiger partial charge in [0, 0.05) is 0 Å². The molecule has 0 radical (unpaired) electrons. The molecule has 0 spiro atoms. The molecule has 1 aliphatic rings. The molecule has 0 heterocycles. The van der Waals surface area contributed by atoms with E-state index in [1.54, 1.807) is 6.07 Å². The number of aliphatic hydroxyl groups is 2. The third kappa shape index (κ3) is 5.87. The van der Waals surface area contributed by atoms with E-state index in [9.17, 15) is 23.4 Å². The summed E-state index contributed by atoms with van der Waals surface area (Å²) in [5, 5.41) is 19.4. The van der Waals surface area contributed by atoms with Crippen molar-refractivity contribution in [2.45, 2.75) is 69.7 Å². The molecule has 2 aromatic rings. The zero-order valence-electron chi connectivity index (χ0n) is 19.3. The Morgan fingerprint density at radius 1 is 1.06 bits per heavy atom. The van der Waals surface area contributed by atoms with Crippen molar-refractivity contribution in [2.75, 3.05) is 13.2 Å². The Balaban J connectivity index is 0.00000272. The third-order valence-corrected chi connectivity index (χ3v) is 6.46. The summed E-state index contributed by atoms with van der Waals surface area (Å²) in [6, 6.07) is 7.20. The van der Waals surface area contributed by atoms with Gasteiger partial charge < -0.3 is 33.1 Å². The van der Waals surface area contributed by atoms with Crippen LogP contribution in [0.4, 0.5) is 13.2 Å². The lowest BCUT2D eigenvalue weighted by Gasteiger charge is -2.30. The minimum Gasteiger partial charge on any atom is -1.00 e. The van der Waals surface area contributed by atoms with Gasteiger partial charge in [0.25, 0.3) is 0 Å². The predicted octanol–water partition coefficient (Wildman–Crippen LogP) is 2.24.